The molecular formula is C25H28N2O5. The number of hydrogen-bond acceptors (Lipinski definition) is 4. The highest BCUT2D eigenvalue weighted by atomic mass is 16.5. The number of carbonyl (C=O) groups is 3. The topological polar surface area (TPSA) is 95.9 Å². The maximum atomic E-state index is 12.9. The monoisotopic (exact) mass is 436 g/mol. The standard InChI is InChI=1S/C25H28N2O5/c1-3-21(24(29)30)27(2)23(28)22(15-12-13-15)26-25(31)32-14-20-18-10-6-4-8-16(18)17-9-5-7-11-19(17)20/h4-11,15,20-22H,3,12-14H2,1-2H3,(H,26,31)(H,29,30). The molecule has 2 atom stereocenters. The van der Waals surface area contributed by atoms with Crippen LogP contribution in [0.4, 0.5) is 4.79 Å². The highest BCUT2D eigenvalue weighted by Crippen LogP contribution is 2.44. The van der Waals surface area contributed by atoms with Gasteiger partial charge in [0.2, 0.25) is 5.91 Å². The molecule has 7 heteroatoms. The molecule has 32 heavy (non-hydrogen) atoms. The van der Waals surface area contributed by atoms with Gasteiger partial charge in [0.1, 0.15) is 18.7 Å². The predicted octanol–water partition coefficient (Wildman–Crippen LogP) is 3.63. The van der Waals surface area contributed by atoms with E-state index in [0.29, 0.717) is 6.42 Å². The van der Waals surface area contributed by atoms with Gasteiger partial charge in [0.25, 0.3) is 0 Å². The van der Waals surface area contributed by atoms with E-state index in [2.05, 4.69) is 17.4 Å². The van der Waals surface area contributed by atoms with Crippen LogP contribution in [-0.4, -0.2) is 53.7 Å². The first-order valence-electron chi connectivity index (χ1n) is 11.0. The molecule has 2 aliphatic carbocycles. The van der Waals surface area contributed by atoms with E-state index in [1.54, 1.807) is 6.92 Å². The third kappa shape index (κ3) is 4.20. The van der Waals surface area contributed by atoms with Gasteiger partial charge in [-0.15, -0.1) is 0 Å². The van der Waals surface area contributed by atoms with Crippen molar-refractivity contribution in [2.24, 2.45) is 5.92 Å². The fourth-order valence-corrected chi connectivity index (χ4v) is 4.56. The number of carboxylic acids is 1. The molecule has 7 nitrogen and oxygen atoms in total. The Morgan fingerprint density at radius 1 is 1.06 bits per heavy atom. The SMILES string of the molecule is CCC(C(=O)O)N(C)C(=O)C(NC(=O)OCC1c2ccccc2-c2ccccc21)C1CC1. The van der Waals surface area contributed by atoms with Crippen molar-refractivity contribution in [2.75, 3.05) is 13.7 Å². The molecule has 2 unspecified atom stereocenters. The summed E-state index contributed by atoms with van der Waals surface area (Å²) >= 11 is 0. The number of carboxylic acid groups (broad SMARTS) is 1. The Kier molecular flexibility index (Phi) is 6.17. The molecule has 2 aliphatic rings. The molecule has 168 valence electrons. The van der Waals surface area contributed by atoms with Gasteiger partial charge >= 0.3 is 12.1 Å². The zero-order chi connectivity index (χ0) is 22.8. The second kappa shape index (κ2) is 9.02. The molecule has 0 bridgehead atoms. The first-order chi connectivity index (χ1) is 15.4. The number of rotatable bonds is 8. The van der Waals surface area contributed by atoms with E-state index >= 15 is 0 Å². The summed E-state index contributed by atoms with van der Waals surface area (Å²) in [5.74, 6) is -1.51. The number of hydrogen-bond donors (Lipinski definition) is 2. The number of likely N-dealkylation sites (N-methyl/N-ethyl adjacent to an activating group) is 1. The summed E-state index contributed by atoms with van der Waals surface area (Å²) < 4.78 is 5.58. The van der Waals surface area contributed by atoms with Gasteiger partial charge in [-0.2, -0.15) is 0 Å². The van der Waals surface area contributed by atoms with Gasteiger partial charge in [-0.25, -0.2) is 9.59 Å². The van der Waals surface area contributed by atoms with Crippen LogP contribution in [0.3, 0.4) is 0 Å². The highest BCUT2D eigenvalue weighted by Gasteiger charge is 2.41. The van der Waals surface area contributed by atoms with Crippen LogP contribution in [0.1, 0.15) is 43.2 Å². The number of fused-ring (bicyclic) bond motifs is 3. The van der Waals surface area contributed by atoms with E-state index in [0.717, 1.165) is 35.1 Å². The van der Waals surface area contributed by atoms with Crippen molar-refractivity contribution in [3.8, 4) is 11.1 Å². The Morgan fingerprint density at radius 2 is 1.62 bits per heavy atom. The molecule has 0 spiro atoms. The Hall–Kier alpha value is -3.35. The lowest BCUT2D eigenvalue weighted by Crippen LogP contribution is -2.53. The van der Waals surface area contributed by atoms with Crippen molar-refractivity contribution in [3.05, 3.63) is 59.7 Å². The van der Waals surface area contributed by atoms with Gasteiger partial charge in [-0.05, 0) is 47.4 Å². The molecule has 0 saturated heterocycles. The van der Waals surface area contributed by atoms with Gasteiger partial charge in [-0.3, -0.25) is 4.79 Å². The maximum absolute atomic E-state index is 12.9. The Balaban J connectivity index is 1.43. The fourth-order valence-electron chi connectivity index (χ4n) is 4.56. The number of nitrogens with one attached hydrogen (secondary N) is 1. The number of nitrogens with zero attached hydrogens (tertiary/aromatic N) is 1. The minimum atomic E-state index is -1.06. The van der Waals surface area contributed by atoms with E-state index in [1.165, 1.54) is 11.9 Å². The molecule has 2 amide bonds. The first-order valence-corrected chi connectivity index (χ1v) is 11.0. The average molecular weight is 437 g/mol. The van der Waals surface area contributed by atoms with E-state index in [4.69, 9.17) is 4.74 Å². The first kappa shape index (κ1) is 21.9. The smallest absolute Gasteiger partial charge is 0.407 e. The van der Waals surface area contributed by atoms with Gasteiger partial charge in [0, 0.05) is 13.0 Å². The summed E-state index contributed by atoms with van der Waals surface area (Å²) in [5, 5.41) is 12.1. The summed E-state index contributed by atoms with van der Waals surface area (Å²) in [5.41, 5.74) is 4.51. The van der Waals surface area contributed by atoms with Crippen LogP contribution in [0.2, 0.25) is 0 Å². The van der Waals surface area contributed by atoms with Crippen LogP contribution >= 0.6 is 0 Å². The van der Waals surface area contributed by atoms with E-state index in [9.17, 15) is 19.5 Å². The Bertz CT molecular complexity index is 987. The van der Waals surface area contributed by atoms with Crippen LogP contribution in [0, 0.1) is 5.92 Å². The summed E-state index contributed by atoms with van der Waals surface area (Å²) in [6, 6.07) is 14.5. The number of amides is 2. The van der Waals surface area contributed by atoms with Crippen LogP contribution in [0.15, 0.2) is 48.5 Å². The third-order valence-electron chi connectivity index (χ3n) is 6.46. The molecule has 2 aromatic carbocycles. The van der Waals surface area contributed by atoms with Gasteiger partial charge in [-0.1, -0.05) is 55.5 Å². The van der Waals surface area contributed by atoms with Crippen LogP contribution in [0.5, 0.6) is 0 Å². The lowest BCUT2D eigenvalue weighted by molar-refractivity contribution is -0.150. The lowest BCUT2D eigenvalue weighted by Gasteiger charge is -2.28. The fraction of sp³-hybridized carbons (Fsp3) is 0.400. The summed E-state index contributed by atoms with van der Waals surface area (Å²) in [6.07, 6.45) is 1.27. The summed E-state index contributed by atoms with van der Waals surface area (Å²) in [7, 11) is 1.47. The maximum Gasteiger partial charge on any atom is 0.407 e. The quantitative estimate of drug-likeness (QED) is 0.659. The number of aliphatic carboxylic acids is 1. The molecule has 1 fully saturated rings. The van der Waals surface area contributed by atoms with Crippen molar-refractivity contribution in [1.82, 2.24) is 10.2 Å². The van der Waals surface area contributed by atoms with Crippen LogP contribution in [-0.2, 0) is 14.3 Å². The molecule has 1 saturated carbocycles. The second-order valence-electron chi connectivity index (χ2n) is 8.50. The Morgan fingerprint density at radius 3 is 2.12 bits per heavy atom. The van der Waals surface area contributed by atoms with E-state index < -0.39 is 30.1 Å². The van der Waals surface area contributed by atoms with Crippen molar-refractivity contribution in [3.63, 3.8) is 0 Å². The minimum Gasteiger partial charge on any atom is -0.480 e. The molecular weight excluding hydrogens is 408 g/mol. The second-order valence-corrected chi connectivity index (χ2v) is 8.50. The Labute approximate surface area is 187 Å². The van der Waals surface area contributed by atoms with Crippen LogP contribution in [0.25, 0.3) is 11.1 Å². The highest BCUT2D eigenvalue weighted by molar-refractivity contribution is 5.89. The molecule has 2 aromatic rings. The van der Waals surface area contributed by atoms with Gasteiger partial charge < -0.3 is 20.1 Å². The molecule has 0 heterocycles. The molecule has 2 N–H and O–H groups in total. The average Bonchev–Trinajstić information content (AvgIpc) is 3.58. The summed E-state index contributed by atoms with van der Waals surface area (Å²) in [6.45, 7) is 1.88. The minimum absolute atomic E-state index is 0.0109. The molecule has 0 radical (unpaired) electrons. The van der Waals surface area contributed by atoms with Crippen molar-refractivity contribution in [2.45, 2.75) is 44.2 Å². The largest absolute Gasteiger partial charge is 0.480 e. The number of carbonyl (C=O) groups excluding carboxylic acids is 2. The third-order valence-corrected chi connectivity index (χ3v) is 6.46. The molecule has 0 aromatic heterocycles. The van der Waals surface area contributed by atoms with Crippen molar-refractivity contribution >= 4 is 18.0 Å². The van der Waals surface area contributed by atoms with Crippen molar-refractivity contribution in [1.29, 1.82) is 0 Å². The molecule has 0 aliphatic heterocycles. The number of benzene rings is 2. The van der Waals surface area contributed by atoms with Crippen LogP contribution < -0.4 is 5.32 Å². The van der Waals surface area contributed by atoms with E-state index in [1.807, 2.05) is 36.4 Å². The zero-order valence-corrected chi connectivity index (χ0v) is 18.3. The van der Waals surface area contributed by atoms with Gasteiger partial charge in [0.05, 0.1) is 0 Å². The number of alkyl carbamates (subject to hydrolysis) is 1. The molecule has 4 rings (SSSR count). The van der Waals surface area contributed by atoms with Crippen molar-refractivity contribution < 1.29 is 24.2 Å². The van der Waals surface area contributed by atoms with E-state index in [-0.39, 0.29) is 18.4 Å². The van der Waals surface area contributed by atoms with Gasteiger partial charge in [0.15, 0.2) is 0 Å². The normalized spacial score (nSPS) is 16.4. The number of ether oxygens (including phenoxy) is 1. The summed E-state index contributed by atoms with van der Waals surface area (Å²) in [4.78, 5) is 38.3. The lowest BCUT2D eigenvalue weighted by atomic mass is 9.98. The zero-order valence-electron chi connectivity index (χ0n) is 18.3. The predicted molar refractivity (Wildman–Crippen MR) is 119 cm³/mol.